The average molecular weight is 391 g/mol. The summed E-state index contributed by atoms with van der Waals surface area (Å²) in [6.45, 7) is 0.483. The highest BCUT2D eigenvalue weighted by Gasteiger charge is 2.34. The van der Waals surface area contributed by atoms with E-state index < -0.39 is 0 Å². The van der Waals surface area contributed by atoms with Gasteiger partial charge in [0, 0.05) is 17.0 Å². The molecule has 0 aliphatic heterocycles. The van der Waals surface area contributed by atoms with Crippen LogP contribution in [0.5, 0.6) is 0 Å². The third-order valence-electron chi connectivity index (χ3n) is 4.72. The maximum absolute atomic E-state index is 12.7. The van der Waals surface area contributed by atoms with Gasteiger partial charge >= 0.3 is 0 Å². The monoisotopic (exact) mass is 391 g/mol. The summed E-state index contributed by atoms with van der Waals surface area (Å²) in [4.78, 5) is 21.6. The molecule has 1 aliphatic carbocycles. The summed E-state index contributed by atoms with van der Waals surface area (Å²) in [5.74, 6) is 0.125. The molecule has 148 valence electrons. The molecule has 0 atom stereocenters. The van der Waals surface area contributed by atoms with Gasteiger partial charge in [-0.25, -0.2) is 0 Å². The van der Waals surface area contributed by atoms with Crippen molar-refractivity contribution in [3.8, 4) is 0 Å². The van der Waals surface area contributed by atoms with Gasteiger partial charge in [0.05, 0.1) is 12.7 Å². The van der Waals surface area contributed by atoms with E-state index in [0.29, 0.717) is 12.3 Å². The Morgan fingerprint density at radius 3 is 2.79 bits per heavy atom. The van der Waals surface area contributed by atoms with E-state index in [0.717, 1.165) is 29.3 Å². The largest absolute Gasteiger partial charge is 0.391 e. The summed E-state index contributed by atoms with van der Waals surface area (Å²) >= 11 is 0. The summed E-state index contributed by atoms with van der Waals surface area (Å²) in [6.07, 6.45) is 3.45. The van der Waals surface area contributed by atoms with Crippen LogP contribution in [0.25, 0.3) is 10.9 Å². The number of amidine groups is 1. The number of carbonyl (C=O) groups is 1. The molecule has 0 unspecified atom stereocenters. The first-order valence-corrected chi connectivity index (χ1v) is 9.31. The minimum Gasteiger partial charge on any atom is -0.391 e. The lowest BCUT2D eigenvalue weighted by Crippen LogP contribution is -2.39. The minimum absolute atomic E-state index is 0.000185. The fraction of sp³-hybridized carbons (Fsp3) is 0.250. The molecule has 1 heterocycles. The van der Waals surface area contributed by atoms with Crippen LogP contribution in [0.1, 0.15) is 18.4 Å². The predicted octanol–water partition coefficient (Wildman–Crippen LogP) is 2.71. The van der Waals surface area contributed by atoms with Crippen LogP contribution in [0.4, 0.5) is 5.69 Å². The number of nitrogens with two attached hydrogens (primary N) is 1. The van der Waals surface area contributed by atoms with Crippen molar-refractivity contribution in [2.24, 2.45) is 22.0 Å². The van der Waals surface area contributed by atoms with Crippen LogP contribution in [0.3, 0.4) is 0 Å². The number of rotatable bonds is 8. The molecular formula is C20H21N7O2. The van der Waals surface area contributed by atoms with Gasteiger partial charge in [-0.15, -0.1) is 10.2 Å². The molecular weight excluding hydrogens is 370 g/mol. The van der Waals surface area contributed by atoms with Crippen LogP contribution in [0, 0.1) is 11.4 Å². The molecule has 3 N–H and O–H groups in total. The second kappa shape index (κ2) is 8.09. The van der Waals surface area contributed by atoms with Crippen molar-refractivity contribution in [1.82, 2.24) is 9.94 Å². The number of hydrogen-bond donors (Lipinski definition) is 2. The van der Waals surface area contributed by atoms with Crippen molar-refractivity contribution in [1.29, 1.82) is 5.53 Å². The second-order valence-electron chi connectivity index (χ2n) is 6.91. The molecule has 3 aromatic rings. The summed E-state index contributed by atoms with van der Waals surface area (Å²) in [5.41, 5.74) is 15.2. The lowest BCUT2D eigenvalue weighted by molar-refractivity contribution is -0.119. The van der Waals surface area contributed by atoms with Crippen molar-refractivity contribution < 1.29 is 9.63 Å². The van der Waals surface area contributed by atoms with Gasteiger partial charge in [-0.1, -0.05) is 40.4 Å². The van der Waals surface area contributed by atoms with Crippen molar-refractivity contribution in [3.63, 3.8) is 0 Å². The average Bonchev–Trinajstić information content (AvgIpc) is 3.51. The molecule has 1 amide bonds. The Bertz CT molecular complexity index is 1060. The normalized spacial score (nSPS) is 14.0. The molecule has 9 heteroatoms. The molecule has 2 aromatic carbocycles. The molecule has 1 saturated carbocycles. The number of amides is 1. The van der Waals surface area contributed by atoms with Crippen molar-refractivity contribution >= 4 is 28.3 Å². The second-order valence-corrected chi connectivity index (χ2v) is 6.91. The zero-order valence-electron chi connectivity index (χ0n) is 15.7. The van der Waals surface area contributed by atoms with E-state index in [1.165, 1.54) is 4.85 Å². The molecule has 9 nitrogen and oxygen atoms in total. The lowest BCUT2D eigenvalue weighted by Gasteiger charge is -2.22. The molecule has 0 spiro atoms. The van der Waals surface area contributed by atoms with Crippen molar-refractivity contribution in [2.45, 2.75) is 19.4 Å². The number of anilines is 1. The van der Waals surface area contributed by atoms with Crippen LogP contribution < -0.4 is 15.5 Å². The van der Waals surface area contributed by atoms with Gasteiger partial charge in [0.15, 0.2) is 0 Å². The molecule has 1 fully saturated rings. The lowest BCUT2D eigenvalue weighted by atomic mass is 10.2. The van der Waals surface area contributed by atoms with E-state index in [4.69, 9.17) is 16.1 Å². The molecule has 0 saturated heterocycles. The third kappa shape index (κ3) is 4.23. The molecule has 29 heavy (non-hydrogen) atoms. The number of benzene rings is 2. The Morgan fingerprint density at radius 2 is 2.07 bits per heavy atom. The summed E-state index contributed by atoms with van der Waals surface area (Å²) in [6, 6.07) is 15.4. The highest BCUT2D eigenvalue weighted by Crippen LogP contribution is 2.33. The SMILES string of the molecule is N=NN=C(N)CN(C(=O)C1CC1)c1ccc2c(cnn2OCc2ccccc2)c1. The molecule has 0 radical (unpaired) electrons. The topological polar surface area (TPSA) is 122 Å². The number of nitrogens with one attached hydrogen (secondary N) is 1. The molecule has 0 bridgehead atoms. The van der Waals surface area contributed by atoms with E-state index in [-0.39, 0.29) is 24.2 Å². The Kier molecular flexibility index (Phi) is 5.19. The van der Waals surface area contributed by atoms with Crippen molar-refractivity contribution in [2.75, 3.05) is 11.4 Å². The van der Waals surface area contributed by atoms with Crippen LogP contribution in [-0.4, -0.2) is 28.2 Å². The zero-order chi connectivity index (χ0) is 20.2. The third-order valence-corrected chi connectivity index (χ3v) is 4.72. The van der Waals surface area contributed by atoms with Gasteiger partial charge in [0.1, 0.15) is 18.0 Å². The first-order valence-electron chi connectivity index (χ1n) is 9.31. The van der Waals surface area contributed by atoms with E-state index in [9.17, 15) is 4.79 Å². The molecule has 1 aliphatic rings. The summed E-state index contributed by atoms with van der Waals surface area (Å²) in [7, 11) is 0. The summed E-state index contributed by atoms with van der Waals surface area (Å²) < 4.78 is 0. The molecule has 4 rings (SSSR count). The Balaban J connectivity index is 1.57. The van der Waals surface area contributed by atoms with Crippen molar-refractivity contribution in [3.05, 3.63) is 60.3 Å². The Hall–Kier alpha value is -3.75. The van der Waals surface area contributed by atoms with Gasteiger partial charge in [0.2, 0.25) is 5.91 Å². The molecule has 1 aromatic heterocycles. The predicted molar refractivity (Wildman–Crippen MR) is 108 cm³/mol. The maximum Gasteiger partial charge on any atom is 0.230 e. The van der Waals surface area contributed by atoms with Gasteiger partial charge in [0.25, 0.3) is 0 Å². The number of nitrogens with zero attached hydrogens (tertiary/aromatic N) is 5. The fourth-order valence-corrected chi connectivity index (χ4v) is 3.08. The van der Waals surface area contributed by atoms with Gasteiger partial charge in [-0.2, -0.15) is 5.53 Å². The Morgan fingerprint density at radius 1 is 1.28 bits per heavy atom. The quantitative estimate of drug-likeness (QED) is 0.265. The zero-order valence-corrected chi connectivity index (χ0v) is 15.7. The summed E-state index contributed by atoms with van der Waals surface area (Å²) in [5, 5.41) is 11.6. The first kappa shape index (κ1) is 18.6. The van der Waals surface area contributed by atoms with Crippen LogP contribution in [0.15, 0.2) is 65.1 Å². The highest BCUT2D eigenvalue weighted by atomic mass is 16.7. The van der Waals surface area contributed by atoms with E-state index in [1.54, 1.807) is 11.1 Å². The number of aromatic nitrogens is 2. The van der Waals surface area contributed by atoms with Gasteiger partial charge in [-0.05, 0) is 36.6 Å². The smallest absolute Gasteiger partial charge is 0.230 e. The highest BCUT2D eigenvalue weighted by molar-refractivity contribution is 6.02. The van der Waals surface area contributed by atoms with E-state index in [2.05, 4.69) is 15.4 Å². The van der Waals surface area contributed by atoms with E-state index >= 15 is 0 Å². The first-order chi connectivity index (χ1) is 14.2. The van der Waals surface area contributed by atoms with E-state index in [1.807, 2.05) is 48.5 Å². The number of hydrogen-bond acceptors (Lipinski definition) is 5. The van der Waals surface area contributed by atoms with Gasteiger partial charge in [-0.3, -0.25) is 4.79 Å². The fourth-order valence-electron chi connectivity index (χ4n) is 3.08. The number of carbonyl (C=O) groups excluding carboxylic acids is 1. The van der Waals surface area contributed by atoms with Crippen LogP contribution in [-0.2, 0) is 11.4 Å². The van der Waals surface area contributed by atoms with Crippen LogP contribution in [0.2, 0.25) is 0 Å². The Labute approximate surface area is 167 Å². The van der Waals surface area contributed by atoms with Crippen LogP contribution >= 0.6 is 0 Å². The minimum atomic E-state index is 0.000185. The standard InChI is InChI=1S/C20H21N7O2/c21-19(24-25-22)12-26(20(28)15-6-7-15)17-8-9-18-16(10-17)11-23-27(18)29-13-14-4-2-1-3-5-14/h1-5,8-11,15H,6-7,12-13H2,(H3,21,22,24). The van der Waals surface area contributed by atoms with Gasteiger partial charge < -0.3 is 15.5 Å². The maximum atomic E-state index is 12.7. The number of fused-ring (bicyclic) bond motifs is 1.